The van der Waals surface area contributed by atoms with Gasteiger partial charge >= 0.3 is 0 Å². The van der Waals surface area contributed by atoms with Gasteiger partial charge in [-0.15, -0.1) is 0 Å². The molecule has 0 unspecified atom stereocenters. The minimum Gasteiger partial charge on any atom is -0.353 e. The SMILES string of the molecule is Cc1cc[nH]c(=O)c1C(=O)N1CCN(c2ccccn2)CC1. The number of pyridine rings is 2. The second kappa shape index (κ2) is 6.01. The number of piperazine rings is 1. The fourth-order valence-corrected chi connectivity index (χ4v) is 2.68. The summed E-state index contributed by atoms with van der Waals surface area (Å²) in [6, 6.07) is 7.54. The predicted molar refractivity (Wildman–Crippen MR) is 84.2 cm³/mol. The zero-order valence-electron chi connectivity index (χ0n) is 12.5. The van der Waals surface area contributed by atoms with Gasteiger partial charge < -0.3 is 14.8 Å². The molecule has 0 atom stereocenters. The third-order valence-electron chi connectivity index (χ3n) is 3.92. The van der Waals surface area contributed by atoms with E-state index in [9.17, 15) is 9.59 Å². The molecule has 114 valence electrons. The minimum absolute atomic E-state index is 0.194. The minimum atomic E-state index is -0.322. The van der Waals surface area contributed by atoms with Gasteiger partial charge in [0.05, 0.1) is 0 Å². The van der Waals surface area contributed by atoms with E-state index < -0.39 is 0 Å². The van der Waals surface area contributed by atoms with Crippen molar-refractivity contribution in [2.45, 2.75) is 6.92 Å². The molecule has 1 amide bonds. The van der Waals surface area contributed by atoms with Gasteiger partial charge in [-0.25, -0.2) is 4.98 Å². The molecule has 0 bridgehead atoms. The van der Waals surface area contributed by atoms with Gasteiger partial charge in [0.2, 0.25) is 0 Å². The van der Waals surface area contributed by atoms with Crippen LogP contribution in [0, 0.1) is 6.92 Å². The van der Waals surface area contributed by atoms with Crippen molar-refractivity contribution in [3.05, 3.63) is 58.1 Å². The van der Waals surface area contributed by atoms with Crippen molar-refractivity contribution in [1.82, 2.24) is 14.9 Å². The number of amides is 1. The highest BCUT2D eigenvalue weighted by atomic mass is 16.2. The van der Waals surface area contributed by atoms with Gasteiger partial charge in [-0.2, -0.15) is 0 Å². The molecule has 1 aliphatic heterocycles. The summed E-state index contributed by atoms with van der Waals surface area (Å²) in [6.07, 6.45) is 3.33. The number of carbonyl (C=O) groups is 1. The lowest BCUT2D eigenvalue weighted by Gasteiger charge is -2.35. The third kappa shape index (κ3) is 2.72. The smallest absolute Gasteiger partial charge is 0.261 e. The van der Waals surface area contributed by atoms with E-state index in [1.165, 1.54) is 0 Å². The first-order valence-corrected chi connectivity index (χ1v) is 7.30. The Morgan fingerprint density at radius 2 is 1.95 bits per heavy atom. The first kappa shape index (κ1) is 14.3. The Kier molecular flexibility index (Phi) is 3.91. The first-order chi connectivity index (χ1) is 10.7. The molecule has 1 saturated heterocycles. The van der Waals surface area contributed by atoms with Crippen molar-refractivity contribution in [2.24, 2.45) is 0 Å². The lowest BCUT2D eigenvalue weighted by Crippen LogP contribution is -2.50. The second-order valence-corrected chi connectivity index (χ2v) is 5.33. The lowest BCUT2D eigenvalue weighted by atomic mass is 10.1. The van der Waals surface area contributed by atoms with Crippen LogP contribution in [-0.2, 0) is 0 Å². The molecule has 0 aromatic carbocycles. The van der Waals surface area contributed by atoms with E-state index in [2.05, 4.69) is 14.9 Å². The van der Waals surface area contributed by atoms with Crippen molar-refractivity contribution in [1.29, 1.82) is 0 Å². The van der Waals surface area contributed by atoms with Gasteiger partial charge in [-0.1, -0.05) is 6.07 Å². The van der Waals surface area contributed by atoms with Gasteiger partial charge in [-0.05, 0) is 30.7 Å². The van der Waals surface area contributed by atoms with Crippen molar-refractivity contribution in [3.8, 4) is 0 Å². The average molecular weight is 298 g/mol. The number of aromatic nitrogens is 2. The van der Waals surface area contributed by atoms with E-state index in [0.717, 1.165) is 5.82 Å². The van der Waals surface area contributed by atoms with E-state index in [1.807, 2.05) is 18.2 Å². The standard InChI is InChI=1S/C16H18N4O2/c1-12-5-7-18-15(21)14(12)16(22)20-10-8-19(9-11-20)13-4-2-3-6-17-13/h2-7H,8-11H2,1H3,(H,18,21). The fourth-order valence-electron chi connectivity index (χ4n) is 2.68. The number of nitrogens with one attached hydrogen (secondary N) is 1. The molecule has 3 rings (SSSR count). The van der Waals surface area contributed by atoms with Crippen molar-refractivity contribution >= 4 is 11.7 Å². The van der Waals surface area contributed by atoms with Crippen molar-refractivity contribution in [3.63, 3.8) is 0 Å². The van der Waals surface area contributed by atoms with Crippen LogP contribution < -0.4 is 10.5 Å². The Hall–Kier alpha value is -2.63. The number of H-pyrrole nitrogens is 1. The summed E-state index contributed by atoms with van der Waals surface area (Å²) in [7, 11) is 0. The van der Waals surface area contributed by atoms with E-state index in [-0.39, 0.29) is 17.0 Å². The topological polar surface area (TPSA) is 69.3 Å². The lowest BCUT2D eigenvalue weighted by molar-refractivity contribution is 0.0744. The summed E-state index contributed by atoms with van der Waals surface area (Å²) in [4.78, 5) is 35.2. The van der Waals surface area contributed by atoms with Crippen LogP contribution in [0.1, 0.15) is 15.9 Å². The maximum atomic E-state index is 12.6. The van der Waals surface area contributed by atoms with E-state index in [1.54, 1.807) is 30.3 Å². The van der Waals surface area contributed by atoms with Gasteiger partial charge in [-0.3, -0.25) is 9.59 Å². The van der Waals surface area contributed by atoms with Crippen LogP contribution in [0.3, 0.4) is 0 Å². The number of rotatable bonds is 2. The molecule has 22 heavy (non-hydrogen) atoms. The van der Waals surface area contributed by atoms with E-state index in [0.29, 0.717) is 31.7 Å². The monoisotopic (exact) mass is 298 g/mol. The Balaban J connectivity index is 1.72. The van der Waals surface area contributed by atoms with E-state index >= 15 is 0 Å². The maximum absolute atomic E-state index is 12.6. The molecule has 3 heterocycles. The third-order valence-corrected chi connectivity index (χ3v) is 3.92. The van der Waals surface area contributed by atoms with Gasteiger partial charge in [0.15, 0.2) is 0 Å². The van der Waals surface area contributed by atoms with Crippen LogP contribution in [0.5, 0.6) is 0 Å². The quantitative estimate of drug-likeness (QED) is 0.899. The molecule has 6 nitrogen and oxygen atoms in total. The fraction of sp³-hybridized carbons (Fsp3) is 0.312. The molecular weight excluding hydrogens is 280 g/mol. The number of carbonyl (C=O) groups excluding carboxylic acids is 1. The number of anilines is 1. The summed E-state index contributed by atoms with van der Waals surface area (Å²) in [5.74, 6) is 0.725. The average Bonchev–Trinajstić information content (AvgIpc) is 2.55. The normalized spacial score (nSPS) is 15.0. The van der Waals surface area contributed by atoms with Gasteiger partial charge in [0.1, 0.15) is 11.4 Å². The van der Waals surface area contributed by atoms with Crippen molar-refractivity contribution in [2.75, 3.05) is 31.1 Å². The molecular formula is C16H18N4O2. The van der Waals surface area contributed by atoms with Gasteiger partial charge in [0, 0.05) is 38.6 Å². The number of hydrogen-bond acceptors (Lipinski definition) is 4. The molecule has 0 saturated carbocycles. The second-order valence-electron chi connectivity index (χ2n) is 5.33. The summed E-state index contributed by atoms with van der Waals surface area (Å²) in [5.41, 5.74) is 0.631. The van der Waals surface area contributed by atoms with Crippen LogP contribution in [0.4, 0.5) is 5.82 Å². The van der Waals surface area contributed by atoms with Crippen LogP contribution in [0.25, 0.3) is 0 Å². The predicted octanol–water partition coefficient (Wildman–Crippen LogP) is 1.04. The zero-order chi connectivity index (χ0) is 15.5. The first-order valence-electron chi connectivity index (χ1n) is 7.30. The Bertz CT molecular complexity index is 718. The molecule has 1 N–H and O–H groups in total. The molecule has 6 heteroatoms. The number of nitrogens with zero attached hydrogens (tertiary/aromatic N) is 3. The van der Waals surface area contributed by atoms with E-state index in [4.69, 9.17) is 0 Å². The Labute approximate surface area is 128 Å². The summed E-state index contributed by atoms with van der Waals surface area (Å²) < 4.78 is 0. The van der Waals surface area contributed by atoms with Crippen LogP contribution in [-0.4, -0.2) is 47.0 Å². The Morgan fingerprint density at radius 1 is 1.18 bits per heavy atom. The summed E-state index contributed by atoms with van der Waals surface area (Å²) >= 11 is 0. The summed E-state index contributed by atoms with van der Waals surface area (Å²) in [5, 5.41) is 0. The molecule has 0 radical (unpaired) electrons. The Morgan fingerprint density at radius 3 is 2.59 bits per heavy atom. The number of aryl methyl sites for hydroxylation is 1. The molecule has 2 aromatic heterocycles. The largest absolute Gasteiger partial charge is 0.353 e. The highest BCUT2D eigenvalue weighted by molar-refractivity contribution is 5.95. The van der Waals surface area contributed by atoms with Crippen LogP contribution in [0.15, 0.2) is 41.5 Å². The highest BCUT2D eigenvalue weighted by Gasteiger charge is 2.25. The van der Waals surface area contributed by atoms with Crippen LogP contribution in [0.2, 0.25) is 0 Å². The molecule has 1 fully saturated rings. The maximum Gasteiger partial charge on any atom is 0.261 e. The molecule has 1 aliphatic rings. The van der Waals surface area contributed by atoms with Crippen LogP contribution >= 0.6 is 0 Å². The number of aromatic amines is 1. The number of hydrogen-bond donors (Lipinski definition) is 1. The van der Waals surface area contributed by atoms with Gasteiger partial charge in [0.25, 0.3) is 11.5 Å². The highest BCUT2D eigenvalue weighted by Crippen LogP contribution is 2.14. The zero-order valence-corrected chi connectivity index (χ0v) is 12.5. The molecule has 0 spiro atoms. The molecule has 0 aliphatic carbocycles. The van der Waals surface area contributed by atoms with Crippen molar-refractivity contribution < 1.29 is 4.79 Å². The summed E-state index contributed by atoms with van der Waals surface area (Å²) in [6.45, 7) is 4.39. The molecule has 2 aromatic rings.